The minimum atomic E-state index is -0.292. The van der Waals surface area contributed by atoms with Gasteiger partial charge in [-0.1, -0.05) is 12.1 Å². The van der Waals surface area contributed by atoms with E-state index in [0.29, 0.717) is 12.1 Å². The molecule has 114 valence electrons. The second-order valence-electron chi connectivity index (χ2n) is 5.27. The smallest absolute Gasteiger partial charge is 0.319 e. The molecule has 0 spiro atoms. The van der Waals surface area contributed by atoms with Crippen LogP contribution in [0.15, 0.2) is 30.6 Å². The second kappa shape index (κ2) is 5.88. The van der Waals surface area contributed by atoms with Crippen LogP contribution in [0.5, 0.6) is 0 Å². The van der Waals surface area contributed by atoms with Gasteiger partial charge < -0.3 is 16.0 Å². The highest BCUT2D eigenvalue weighted by atomic mass is 16.2. The molecule has 3 amide bonds. The molecule has 0 saturated heterocycles. The number of urea groups is 1. The van der Waals surface area contributed by atoms with Gasteiger partial charge >= 0.3 is 6.03 Å². The van der Waals surface area contributed by atoms with E-state index in [1.807, 2.05) is 25.1 Å². The van der Waals surface area contributed by atoms with Gasteiger partial charge in [0.05, 0.1) is 17.9 Å². The molecule has 0 radical (unpaired) electrons. The van der Waals surface area contributed by atoms with Gasteiger partial charge in [0.25, 0.3) is 0 Å². The molecule has 22 heavy (non-hydrogen) atoms. The first-order valence-electron chi connectivity index (χ1n) is 7.11. The lowest BCUT2D eigenvalue weighted by Crippen LogP contribution is -2.31. The number of nitrogens with one attached hydrogen (secondary N) is 4. The Morgan fingerprint density at radius 2 is 2.23 bits per heavy atom. The maximum Gasteiger partial charge on any atom is 0.319 e. The number of amides is 3. The van der Waals surface area contributed by atoms with Gasteiger partial charge in [0.2, 0.25) is 5.91 Å². The van der Waals surface area contributed by atoms with Crippen molar-refractivity contribution in [3.05, 3.63) is 41.7 Å². The summed E-state index contributed by atoms with van der Waals surface area (Å²) in [5.41, 5.74) is 3.56. The van der Waals surface area contributed by atoms with Gasteiger partial charge in [-0.2, -0.15) is 5.10 Å². The van der Waals surface area contributed by atoms with Crippen LogP contribution in [0.2, 0.25) is 0 Å². The number of fused-ring (bicyclic) bond motifs is 1. The number of H-pyrrole nitrogens is 1. The first kappa shape index (κ1) is 14.1. The molecule has 1 aliphatic rings. The van der Waals surface area contributed by atoms with E-state index in [9.17, 15) is 9.59 Å². The van der Waals surface area contributed by atoms with Gasteiger partial charge in [0.15, 0.2) is 0 Å². The minimum absolute atomic E-state index is 0.0471. The van der Waals surface area contributed by atoms with Crippen molar-refractivity contribution in [2.24, 2.45) is 0 Å². The number of carbonyl (C=O) groups is 2. The van der Waals surface area contributed by atoms with Crippen LogP contribution in [0, 0.1) is 0 Å². The molecular weight excluding hydrogens is 282 g/mol. The lowest BCUT2D eigenvalue weighted by molar-refractivity contribution is -0.116. The Balaban J connectivity index is 1.66. The molecule has 2 heterocycles. The van der Waals surface area contributed by atoms with Crippen molar-refractivity contribution in [2.45, 2.75) is 25.8 Å². The summed E-state index contributed by atoms with van der Waals surface area (Å²) in [6.45, 7) is 1.91. The number of hydrogen-bond donors (Lipinski definition) is 4. The molecule has 0 unspecified atom stereocenters. The van der Waals surface area contributed by atoms with Gasteiger partial charge in [-0.05, 0) is 30.5 Å². The van der Waals surface area contributed by atoms with Crippen LogP contribution >= 0.6 is 0 Å². The molecule has 0 fully saturated rings. The average Bonchev–Trinajstić information content (AvgIpc) is 2.99. The van der Waals surface area contributed by atoms with Crippen molar-refractivity contribution in [1.82, 2.24) is 15.5 Å². The van der Waals surface area contributed by atoms with Crippen molar-refractivity contribution in [2.75, 3.05) is 10.6 Å². The number of nitrogens with zero attached hydrogens (tertiary/aromatic N) is 1. The van der Waals surface area contributed by atoms with Crippen molar-refractivity contribution in [3.8, 4) is 0 Å². The number of carbonyl (C=O) groups excluding carboxylic acids is 2. The van der Waals surface area contributed by atoms with Crippen LogP contribution < -0.4 is 16.0 Å². The zero-order valence-corrected chi connectivity index (χ0v) is 12.1. The molecule has 0 bridgehead atoms. The van der Waals surface area contributed by atoms with E-state index in [2.05, 4.69) is 26.1 Å². The molecule has 7 nitrogen and oxygen atoms in total. The second-order valence-corrected chi connectivity index (χ2v) is 5.27. The Morgan fingerprint density at radius 1 is 1.36 bits per heavy atom. The number of hydrogen-bond acceptors (Lipinski definition) is 3. The highest BCUT2D eigenvalue weighted by molar-refractivity contribution is 5.94. The molecule has 1 atom stereocenters. The summed E-state index contributed by atoms with van der Waals surface area (Å²) in [6.07, 6.45) is 4.36. The maximum atomic E-state index is 11.9. The Bertz CT molecular complexity index is 696. The molecule has 1 aromatic carbocycles. The van der Waals surface area contributed by atoms with Gasteiger partial charge in [-0.15, -0.1) is 0 Å². The number of anilines is 2. The summed E-state index contributed by atoms with van der Waals surface area (Å²) >= 11 is 0. The zero-order valence-electron chi connectivity index (χ0n) is 12.1. The fourth-order valence-electron chi connectivity index (χ4n) is 2.44. The quantitative estimate of drug-likeness (QED) is 0.699. The minimum Gasteiger partial charge on any atom is -0.331 e. The lowest BCUT2D eigenvalue weighted by atomic mass is 9.98. The van der Waals surface area contributed by atoms with E-state index < -0.39 is 0 Å². The molecular formula is C15H17N5O2. The van der Waals surface area contributed by atoms with E-state index in [1.165, 1.54) is 6.20 Å². The Kier molecular flexibility index (Phi) is 3.78. The fraction of sp³-hybridized carbons (Fsp3) is 0.267. The summed E-state index contributed by atoms with van der Waals surface area (Å²) in [7, 11) is 0. The van der Waals surface area contributed by atoms with E-state index in [-0.39, 0.29) is 18.0 Å². The number of aryl methyl sites for hydroxylation is 1. The topological polar surface area (TPSA) is 98.9 Å². The monoisotopic (exact) mass is 299 g/mol. The molecule has 7 heteroatoms. The fourth-order valence-corrected chi connectivity index (χ4v) is 2.44. The highest BCUT2D eigenvalue weighted by Gasteiger charge is 2.17. The first-order valence-corrected chi connectivity index (χ1v) is 7.11. The van der Waals surface area contributed by atoms with Gasteiger partial charge in [-0.25, -0.2) is 4.79 Å². The summed E-state index contributed by atoms with van der Waals surface area (Å²) in [6, 6.07) is 5.38. The van der Waals surface area contributed by atoms with Crippen LogP contribution in [-0.4, -0.2) is 22.1 Å². The summed E-state index contributed by atoms with van der Waals surface area (Å²) in [4.78, 5) is 23.3. The van der Waals surface area contributed by atoms with Crippen LogP contribution in [0.25, 0.3) is 0 Å². The molecule has 3 rings (SSSR count). The van der Waals surface area contributed by atoms with E-state index in [0.717, 1.165) is 23.2 Å². The van der Waals surface area contributed by atoms with Crippen molar-refractivity contribution < 1.29 is 9.59 Å². The molecule has 0 aliphatic carbocycles. The standard InChI is InChI=1S/C15H17N5O2/c1-9(18-15(22)19-12-7-16-17-8-12)10-2-4-13-11(6-10)3-5-14(21)20-13/h2,4,6-9H,3,5H2,1H3,(H,16,17)(H,20,21)(H2,18,19,22)/t9-/m0/s1. The summed E-state index contributed by atoms with van der Waals surface area (Å²) in [5.74, 6) is 0.0471. The number of aromatic nitrogens is 2. The molecule has 2 aromatic rings. The van der Waals surface area contributed by atoms with Crippen LogP contribution in [0.4, 0.5) is 16.2 Å². The largest absolute Gasteiger partial charge is 0.331 e. The lowest BCUT2D eigenvalue weighted by Gasteiger charge is -2.20. The third-order valence-corrected chi connectivity index (χ3v) is 3.63. The van der Waals surface area contributed by atoms with Crippen LogP contribution in [0.3, 0.4) is 0 Å². The number of rotatable bonds is 3. The van der Waals surface area contributed by atoms with Gasteiger partial charge in [0, 0.05) is 18.3 Å². The van der Waals surface area contributed by atoms with Gasteiger partial charge in [-0.3, -0.25) is 9.89 Å². The Labute approximate surface area is 127 Å². The van der Waals surface area contributed by atoms with Gasteiger partial charge in [0.1, 0.15) is 0 Å². The third-order valence-electron chi connectivity index (χ3n) is 3.63. The third kappa shape index (κ3) is 3.08. The predicted molar refractivity (Wildman–Crippen MR) is 82.5 cm³/mol. The van der Waals surface area contributed by atoms with Crippen molar-refractivity contribution in [3.63, 3.8) is 0 Å². The SMILES string of the molecule is C[C@H](NC(=O)Nc1cn[nH]c1)c1ccc2c(c1)CCC(=O)N2. The summed E-state index contributed by atoms with van der Waals surface area (Å²) in [5, 5.41) is 14.8. The van der Waals surface area contributed by atoms with Crippen molar-refractivity contribution in [1.29, 1.82) is 0 Å². The molecule has 1 aromatic heterocycles. The van der Waals surface area contributed by atoms with Crippen LogP contribution in [0.1, 0.15) is 30.5 Å². The number of aromatic amines is 1. The Hall–Kier alpha value is -2.83. The maximum absolute atomic E-state index is 11.9. The molecule has 4 N–H and O–H groups in total. The first-order chi connectivity index (χ1) is 10.6. The van der Waals surface area contributed by atoms with Crippen LogP contribution in [-0.2, 0) is 11.2 Å². The zero-order chi connectivity index (χ0) is 15.5. The number of benzene rings is 1. The van der Waals surface area contributed by atoms with E-state index in [4.69, 9.17) is 0 Å². The molecule has 1 aliphatic heterocycles. The molecule has 0 saturated carbocycles. The normalized spacial score (nSPS) is 14.7. The summed E-state index contributed by atoms with van der Waals surface area (Å²) < 4.78 is 0. The average molecular weight is 299 g/mol. The predicted octanol–water partition coefficient (Wildman–Crippen LogP) is 2.18. The highest BCUT2D eigenvalue weighted by Crippen LogP contribution is 2.26. The van der Waals surface area contributed by atoms with E-state index >= 15 is 0 Å². The van der Waals surface area contributed by atoms with Crippen molar-refractivity contribution >= 4 is 23.3 Å². The Morgan fingerprint density at radius 3 is 3.00 bits per heavy atom. The van der Waals surface area contributed by atoms with E-state index in [1.54, 1.807) is 6.20 Å².